The molecule has 0 aliphatic carbocycles. The first-order valence-electron chi connectivity index (χ1n) is 20.7. The summed E-state index contributed by atoms with van der Waals surface area (Å²) in [5.41, 5.74) is 8.63. The van der Waals surface area contributed by atoms with Crippen LogP contribution in [0.4, 0.5) is 0 Å². The summed E-state index contributed by atoms with van der Waals surface area (Å²) < 4.78 is 6.67. The van der Waals surface area contributed by atoms with E-state index in [1.807, 2.05) is 15.5 Å². The monoisotopic (exact) mass is 942 g/mol. The Morgan fingerprint density at radius 2 is 0.736 bits per heavy atom. The Hall–Kier alpha value is 0.0236. The van der Waals surface area contributed by atoms with Gasteiger partial charge in [0.1, 0.15) is 0 Å². The van der Waals surface area contributed by atoms with E-state index in [1.54, 1.807) is 25.5 Å². The van der Waals surface area contributed by atoms with Gasteiger partial charge >= 0.3 is 352 Å². The first kappa shape index (κ1) is 47.4. The summed E-state index contributed by atoms with van der Waals surface area (Å²) in [7, 11) is -9.95. The quantitative estimate of drug-likeness (QED) is 0.141. The molecule has 0 aromatic heterocycles. The first-order valence-corrected chi connectivity index (χ1v) is 46.1. The van der Waals surface area contributed by atoms with Crippen LogP contribution in [0, 0.1) is 0 Å². The summed E-state index contributed by atoms with van der Waals surface area (Å²) in [6, 6.07) is 22.9. The van der Waals surface area contributed by atoms with Crippen LogP contribution >= 0.6 is 0 Å². The van der Waals surface area contributed by atoms with Crippen LogP contribution in [0.25, 0.3) is 0 Å². The SMILES string of the molecule is CC(C)c1cccc(C(C)C)[c]1[Ge]([c]1ccccc1[Se])[c]1c(C([Si](C)(C)C)[Si](C)(C)C)cc(C([Si](C)(C)C)[Si](C)(C)C)cc1C([Si](C)(C)C)[Si](C)(C)C. The molecule has 0 N–H and O–H groups in total. The number of rotatable bonds is 14. The molecule has 0 fully saturated rings. The molecule has 0 saturated carbocycles. The molecule has 0 nitrogen and oxygen atoms in total. The fourth-order valence-corrected chi connectivity index (χ4v) is 59.9. The van der Waals surface area contributed by atoms with Crippen molar-refractivity contribution in [3.05, 3.63) is 82.4 Å². The molecule has 3 rings (SSSR count). The van der Waals surface area contributed by atoms with Gasteiger partial charge in [0.2, 0.25) is 0 Å². The van der Waals surface area contributed by atoms with Crippen LogP contribution in [0.3, 0.4) is 0 Å². The van der Waals surface area contributed by atoms with E-state index in [-0.39, 0.29) is 0 Å². The van der Waals surface area contributed by atoms with E-state index >= 15 is 0 Å². The van der Waals surface area contributed by atoms with Crippen molar-refractivity contribution >= 4 is 96.5 Å². The molecule has 53 heavy (non-hydrogen) atoms. The van der Waals surface area contributed by atoms with E-state index in [9.17, 15) is 0 Å². The Morgan fingerprint density at radius 1 is 0.415 bits per heavy atom. The van der Waals surface area contributed by atoms with Gasteiger partial charge in [0.05, 0.1) is 0 Å². The maximum absolute atomic E-state index is 3.66. The second kappa shape index (κ2) is 16.7. The third-order valence-electron chi connectivity index (χ3n) is 11.4. The van der Waals surface area contributed by atoms with Crippen molar-refractivity contribution in [1.29, 1.82) is 0 Å². The van der Waals surface area contributed by atoms with Crippen LogP contribution in [0.5, 0.6) is 0 Å². The standard InChI is InChI=1S/C45H80GeSeSi6/c1-32(2)35-26-25-27-36(33(3)4)41(35)46(39-28-23-24-29-40(39)47)42-37(44(50(11,12)13)51(14,15)16)30-34(43(48(5,6)7)49(8,9)10)31-38(42)45(52(17,18)19)53(20,21)22/h23-33,43-45H,1-22H3. The average Bonchev–Trinajstić information content (AvgIpc) is 2.90. The summed E-state index contributed by atoms with van der Waals surface area (Å²) in [6.45, 7) is 58.6. The molecule has 8 heteroatoms. The zero-order valence-electron chi connectivity index (χ0n) is 38.5. The van der Waals surface area contributed by atoms with Crippen LogP contribution in [0.15, 0.2) is 54.6 Å². The fourth-order valence-electron chi connectivity index (χ4n) is 11.3. The zero-order chi connectivity index (χ0) is 41.0. The number of hydrogen-bond acceptors (Lipinski definition) is 0. The second-order valence-corrected chi connectivity index (χ2v) is 62.9. The molecule has 2 radical (unpaired) electrons. The molecule has 294 valence electrons. The molecule has 0 amide bonds. The summed E-state index contributed by atoms with van der Waals surface area (Å²) >= 11 is 1.14. The van der Waals surface area contributed by atoms with E-state index in [4.69, 9.17) is 0 Å². The van der Waals surface area contributed by atoms with Crippen molar-refractivity contribution in [1.82, 2.24) is 0 Å². The molecule has 0 spiro atoms. The second-order valence-electron chi connectivity index (χ2n) is 23.6. The molecular formula is C45H80GeSeSi6. The Balaban J connectivity index is 3.01. The minimum atomic E-state index is -2.52. The molecule has 0 aliphatic heterocycles. The normalized spacial score (nSPS) is 14.2. The van der Waals surface area contributed by atoms with Crippen molar-refractivity contribution < 1.29 is 0 Å². The van der Waals surface area contributed by atoms with Crippen molar-refractivity contribution in [2.75, 3.05) is 0 Å². The van der Waals surface area contributed by atoms with Crippen molar-refractivity contribution in [2.24, 2.45) is 0 Å². The van der Waals surface area contributed by atoms with Crippen LogP contribution in [-0.4, -0.2) is 78.8 Å². The van der Waals surface area contributed by atoms with E-state index in [1.165, 1.54) is 4.46 Å². The predicted molar refractivity (Wildman–Crippen MR) is 266 cm³/mol. The summed E-state index contributed by atoms with van der Waals surface area (Å²) in [6.07, 6.45) is 0. The third kappa shape index (κ3) is 11.0. The molecule has 0 saturated heterocycles. The van der Waals surface area contributed by atoms with Crippen molar-refractivity contribution in [3.8, 4) is 0 Å². The van der Waals surface area contributed by atoms with Gasteiger partial charge in [0, 0.05) is 0 Å². The van der Waals surface area contributed by atoms with E-state index < -0.39 is 62.8 Å². The van der Waals surface area contributed by atoms with Gasteiger partial charge in [-0.15, -0.1) is 0 Å². The Morgan fingerprint density at radius 3 is 1.04 bits per heavy atom. The molecule has 3 aromatic carbocycles. The van der Waals surface area contributed by atoms with Gasteiger partial charge in [0.25, 0.3) is 0 Å². The Labute approximate surface area is 348 Å². The van der Waals surface area contributed by atoms with Crippen LogP contribution in [0.2, 0.25) is 118 Å². The van der Waals surface area contributed by atoms with Gasteiger partial charge < -0.3 is 0 Å². The van der Waals surface area contributed by atoms with Crippen molar-refractivity contribution in [2.45, 2.75) is 173 Å². The van der Waals surface area contributed by atoms with Gasteiger partial charge in [-0.25, -0.2) is 0 Å². The van der Waals surface area contributed by atoms with Crippen molar-refractivity contribution in [3.63, 3.8) is 0 Å². The average molecular weight is 941 g/mol. The van der Waals surface area contributed by atoms with Gasteiger partial charge in [-0.2, -0.15) is 0 Å². The molecular weight excluding hydrogens is 861 g/mol. The van der Waals surface area contributed by atoms with Gasteiger partial charge in [0.15, 0.2) is 0 Å². The first-order chi connectivity index (χ1) is 23.7. The van der Waals surface area contributed by atoms with Crippen LogP contribution in [0.1, 0.15) is 82.8 Å². The van der Waals surface area contributed by atoms with Gasteiger partial charge in [-0.3, -0.25) is 0 Å². The molecule has 0 atom stereocenters. The predicted octanol–water partition coefficient (Wildman–Crippen LogP) is 11.8. The molecule has 0 unspecified atom stereocenters. The van der Waals surface area contributed by atoms with E-state index in [0.29, 0.717) is 22.2 Å². The Bertz CT molecular complexity index is 1600. The van der Waals surface area contributed by atoms with Crippen LogP contribution < -0.4 is 17.6 Å². The molecule has 0 bridgehead atoms. The topological polar surface area (TPSA) is 0 Å². The van der Waals surface area contributed by atoms with Gasteiger partial charge in [-0.1, -0.05) is 0 Å². The molecule has 0 heterocycles. The minimum absolute atomic E-state index is 0.475. The number of benzene rings is 3. The number of hydrogen-bond donors (Lipinski definition) is 0. The fraction of sp³-hybridized carbons (Fsp3) is 0.600. The molecule has 0 aliphatic rings. The van der Waals surface area contributed by atoms with Gasteiger partial charge in [-0.05, 0) is 0 Å². The zero-order valence-corrected chi connectivity index (χ0v) is 48.3. The van der Waals surface area contributed by atoms with Crippen LogP contribution in [-0.2, 0) is 0 Å². The Kier molecular flexibility index (Phi) is 14.9. The summed E-state index contributed by atoms with van der Waals surface area (Å²) in [4.78, 5) is 0. The summed E-state index contributed by atoms with van der Waals surface area (Å²) in [5, 5.41) is 2.08. The third-order valence-corrected chi connectivity index (χ3v) is 47.5. The van der Waals surface area contributed by atoms with E-state index in [2.05, 4.69) is 216 Å². The maximum atomic E-state index is 3.66. The van der Waals surface area contributed by atoms with E-state index in [0.717, 1.165) is 5.16 Å². The summed E-state index contributed by atoms with van der Waals surface area (Å²) in [5.74, 6) is 0.950. The molecule has 3 aromatic rings.